The highest BCUT2D eigenvalue weighted by molar-refractivity contribution is 5.86. The summed E-state index contributed by atoms with van der Waals surface area (Å²) in [5.41, 5.74) is -0.671. The summed E-state index contributed by atoms with van der Waals surface area (Å²) in [5.74, 6) is 0.0437. The van der Waals surface area contributed by atoms with Crippen molar-refractivity contribution in [2.24, 2.45) is 0 Å². The molecular formula is C8H14O3. The summed E-state index contributed by atoms with van der Waals surface area (Å²) in [6, 6.07) is 0. The molecule has 1 rings (SSSR count). The molecule has 1 saturated heterocycles. The van der Waals surface area contributed by atoms with Gasteiger partial charge in [-0.25, -0.2) is 0 Å². The van der Waals surface area contributed by atoms with E-state index in [1.807, 2.05) is 6.92 Å². The lowest BCUT2D eigenvalue weighted by Gasteiger charge is -2.44. The molecule has 2 unspecified atom stereocenters. The maximum atomic E-state index is 11.0. The molecule has 1 aliphatic heterocycles. The first kappa shape index (κ1) is 8.68. The van der Waals surface area contributed by atoms with Gasteiger partial charge in [0.1, 0.15) is 6.10 Å². The number of hydrogen-bond donors (Lipinski definition) is 0. The van der Waals surface area contributed by atoms with E-state index in [0.717, 1.165) is 0 Å². The largest absolute Gasteiger partial charge is 0.373 e. The van der Waals surface area contributed by atoms with Crippen molar-refractivity contribution in [2.45, 2.75) is 32.5 Å². The van der Waals surface area contributed by atoms with Crippen molar-refractivity contribution in [1.82, 2.24) is 0 Å². The highest BCUT2D eigenvalue weighted by atomic mass is 16.6. The quantitative estimate of drug-likeness (QED) is 0.608. The van der Waals surface area contributed by atoms with Gasteiger partial charge in [-0.2, -0.15) is 0 Å². The van der Waals surface area contributed by atoms with E-state index in [9.17, 15) is 4.79 Å². The summed E-state index contributed by atoms with van der Waals surface area (Å²) >= 11 is 0. The molecule has 11 heavy (non-hydrogen) atoms. The Morgan fingerprint density at radius 2 is 2.45 bits per heavy atom. The highest BCUT2D eigenvalue weighted by Gasteiger charge is 2.49. The van der Waals surface area contributed by atoms with Crippen LogP contribution in [-0.4, -0.2) is 30.7 Å². The summed E-state index contributed by atoms with van der Waals surface area (Å²) in [6.07, 6.45) is -0.0370. The summed E-state index contributed by atoms with van der Waals surface area (Å²) in [7, 11) is 0. The van der Waals surface area contributed by atoms with Crippen molar-refractivity contribution >= 4 is 5.78 Å². The van der Waals surface area contributed by atoms with Crippen LogP contribution in [0.3, 0.4) is 0 Å². The highest BCUT2D eigenvalue weighted by Crippen LogP contribution is 2.29. The number of hydrogen-bond acceptors (Lipinski definition) is 3. The van der Waals surface area contributed by atoms with Crippen LogP contribution in [0.4, 0.5) is 0 Å². The summed E-state index contributed by atoms with van der Waals surface area (Å²) in [5, 5.41) is 0. The maximum absolute atomic E-state index is 11.0. The van der Waals surface area contributed by atoms with Gasteiger partial charge in [0, 0.05) is 6.61 Å². The molecule has 0 bridgehead atoms. The van der Waals surface area contributed by atoms with Crippen LogP contribution in [0.2, 0.25) is 0 Å². The van der Waals surface area contributed by atoms with Crippen LogP contribution in [0.15, 0.2) is 0 Å². The molecule has 3 nitrogen and oxygen atoms in total. The summed E-state index contributed by atoms with van der Waals surface area (Å²) in [4.78, 5) is 11.0. The molecule has 0 spiro atoms. The molecule has 0 amide bonds. The van der Waals surface area contributed by atoms with Crippen molar-refractivity contribution in [3.05, 3.63) is 0 Å². The molecule has 0 N–H and O–H groups in total. The minimum Gasteiger partial charge on any atom is -0.373 e. The molecule has 64 valence electrons. The van der Waals surface area contributed by atoms with Gasteiger partial charge in [0.15, 0.2) is 11.4 Å². The van der Waals surface area contributed by atoms with Crippen LogP contribution in [0.25, 0.3) is 0 Å². The SMILES string of the molecule is CCOC1COC1(C)C(C)=O. The van der Waals surface area contributed by atoms with E-state index in [-0.39, 0.29) is 11.9 Å². The smallest absolute Gasteiger partial charge is 0.164 e. The number of Topliss-reactive ketones (excluding diaryl/α,β-unsaturated/α-hetero) is 1. The molecular weight excluding hydrogens is 144 g/mol. The van der Waals surface area contributed by atoms with Gasteiger partial charge in [-0.3, -0.25) is 4.79 Å². The van der Waals surface area contributed by atoms with Gasteiger partial charge < -0.3 is 9.47 Å². The molecule has 0 aromatic rings. The van der Waals surface area contributed by atoms with E-state index in [2.05, 4.69) is 0 Å². The van der Waals surface area contributed by atoms with Gasteiger partial charge in [0.05, 0.1) is 6.61 Å². The van der Waals surface area contributed by atoms with Gasteiger partial charge in [-0.15, -0.1) is 0 Å². The van der Waals surface area contributed by atoms with Crippen LogP contribution in [-0.2, 0) is 14.3 Å². The Hall–Kier alpha value is -0.410. The minimum atomic E-state index is -0.671. The molecule has 0 radical (unpaired) electrons. The van der Waals surface area contributed by atoms with Crippen molar-refractivity contribution in [1.29, 1.82) is 0 Å². The predicted molar refractivity (Wildman–Crippen MR) is 40.5 cm³/mol. The first-order valence-corrected chi connectivity index (χ1v) is 3.88. The van der Waals surface area contributed by atoms with Crippen molar-refractivity contribution in [3.63, 3.8) is 0 Å². The van der Waals surface area contributed by atoms with E-state index in [4.69, 9.17) is 9.47 Å². The molecule has 0 aliphatic carbocycles. The van der Waals surface area contributed by atoms with E-state index in [1.54, 1.807) is 6.92 Å². The molecule has 2 atom stereocenters. The van der Waals surface area contributed by atoms with Gasteiger partial charge in [-0.1, -0.05) is 0 Å². The Morgan fingerprint density at radius 3 is 2.73 bits per heavy atom. The van der Waals surface area contributed by atoms with E-state index in [1.165, 1.54) is 6.92 Å². The fourth-order valence-electron chi connectivity index (χ4n) is 1.14. The number of ether oxygens (including phenoxy) is 2. The molecule has 0 aromatic carbocycles. The lowest BCUT2D eigenvalue weighted by atomic mass is 9.90. The van der Waals surface area contributed by atoms with Crippen molar-refractivity contribution in [2.75, 3.05) is 13.2 Å². The number of carbonyl (C=O) groups is 1. The lowest BCUT2D eigenvalue weighted by Crippen LogP contribution is -2.61. The minimum absolute atomic E-state index is 0.0370. The Bertz CT molecular complexity index is 167. The first-order valence-electron chi connectivity index (χ1n) is 3.88. The standard InChI is InChI=1S/C8H14O3/c1-4-10-7-5-11-8(7,3)6(2)9/h7H,4-5H2,1-3H3. The number of ketones is 1. The Morgan fingerprint density at radius 1 is 1.82 bits per heavy atom. The Balaban J connectivity index is 2.52. The third-order valence-electron chi connectivity index (χ3n) is 2.22. The Kier molecular flexibility index (Phi) is 2.30. The second-order valence-electron chi connectivity index (χ2n) is 2.92. The molecule has 1 aliphatic rings. The van der Waals surface area contributed by atoms with E-state index >= 15 is 0 Å². The second-order valence-corrected chi connectivity index (χ2v) is 2.92. The van der Waals surface area contributed by atoms with Crippen LogP contribution in [0, 0.1) is 0 Å². The van der Waals surface area contributed by atoms with Crippen molar-refractivity contribution < 1.29 is 14.3 Å². The zero-order valence-electron chi connectivity index (χ0n) is 7.22. The molecule has 3 heteroatoms. The third kappa shape index (κ3) is 1.30. The fourth-order valence-corrected chi connectivity index (χ4v) is 1.14. The average molecular weight is 158 g/mol. The summed E-state index contributed by atoms with van der Waals surface area (Å²) < 4.78 is 10.5. The fraction of sp³-hybridized carbons (Fsp3) is 0.875. The van der Waals surface area contributed by atoms with Crippen LogP contribution in [0.5, 0.6) is 0 Å². The zero-order valence-corrected chi connectivity index (χ0v) is 7.22. The van der Waals surface area contributed by atoms with Crippen LogP contribution < -0.4 is 0 Å². The third-order valence-corrected chi connectivity index (χ3v) is 2.22. The predicted octanol–water partition coefficient (Wildman–Crippen LogP) is 0.769. The van der Waals surface area contributed by atoms with E-state index < -0.39 is 5.60 Å². The zero-order chi connectivity index (χ0) is 8.48. The van der Waals surface area contributed by atoms with Crippen molar-refractivity contribution in [3.8, 4) is 0 Å². The second kappa shape index (κ2) is 2.91. The van der Waals surface area contributed by atoms with E-state index in [0.29, 0.717) is 13.2 Å². The normalized spacial score (nSPS) is 36.5. The molecule has 0 aromatic heterocycles. The van der Waals surface area contributed by atoms with Crippen LogP contribution >= 0.6 is 0 Å². The molecule has 0 saturated carbocycles. The van der Waals surface area contributed by atoms with Crippen LogP contribution in [0.1, 0.15) is 20.8 Å². The number of rotatable bonds is 3. The van der Waals surface area contributed by atoms with Gasteiger partial charge >= 0.3 is 0 Å². The average Bonchev–Trinajstić information content (AvgIpc) is 1.96. The van der Waals surface area contributed by atoms with Gasteiger partial charge in [0.2, 0.25) is 0 Å². The first-order chi connectivity index (χ1) is 5.11. The monoisotopic (exact) mass is 158 g/mol. The maximum Gasteiger partial charge on any atom is 0.164 e. The van der Waals surface area contributed by atoms with Gasteiger partial charge in [0.25, 0.3) is 0 Å². The Labute approximate surface area is 66.7 Å². The van der Waals surface area contributed by atoms with Gasteiger partial charge in [-0.05, 0) is 20.8 Å². The molecule has 1 heterocycles. The topological polar surface area (TPSA) is 35.5 Å². The molecule has 1 fully saturated rings. The lowest BCUT2D eigenvalue weighted by molar-refractivity contribution is -0.236. The summed E-state index contributed by atoms with van der Waals surface area (Å²) in [6.45, 7) is 6.41. The number of carbonyl (C=O) groups excluding carboxylic acids is 1.